The lowest BCUT2D eigenvalue weighted by atomic mass is 9.91. The third kappa shape index (κ3) is 4.26. The molecule has 1 aliphatic carbocycles. The van der Waals surface area contributed by atoms with Gasteiger partial charge in [0.25, 0.3) is 0 Å². The molecule has 0 N–H and O–H groups in total. The van der Waals surface area contributed by atoms with Gasteiger partial charge >= 0.3 is 0 Å². The van der Waals surface area contributed by atoms with Gasteiger partial charge in [-0.3, -0.25) is 4.99 Å². The first kappa shape index (κ1) is 11.7. The average molecular weight is 195 g/mol. The Morgan fingerprint density at radius 1 is 1.00 bits per heavy atom. The predicted molar refractivity (Wildman–Crippen MR) is 64.1 cm³/mol. The standard InChI is InChI=1S/C13H25N/c1-3-14-12(2)13-10-8-6-4-5-7-9-11-13/h3,12-13H,4-11H2,1-2H3/b14-3+. The number of nitrogens with zero attached hydrogens (tertiary/aromatic N) is 1. The summed E-state index contributed by atoms with van der Waals surface area (Å²) < 4.78 is 0. The maximum atomic E-state index is 4.53. The molecule has 1 rings (SSSR count). The summed E-state index contributed by atoms with van der Waals surface area (Å²) in [5.41, 5.74) is 0. The van der Waals surface area contributed by atoms with Gasteiger partial charge in [-0.1, -0.05) is 38.5 Å². The summed E-state index contributed by atoms with van der Waals surface area (Å²) in [7, 11) is 0. The number of hydrogen-bond donors (Lipinski definition) is 0. The quantitative estimate of drug-likeness (QED) is 0.585. The van der Waals surface area contributed by atoms with Crippen LogP contribution >= 0.6 is 0 Å². The smallest absolute Gasteiger partial charge is 0.0495 e. The Balaban J connectivity index is 2.38. The highest BCUT2D eigenvalue weighted by molar-refractivity contribution is 5.53. The van der Waals surface area contributed by atoms with Gasteiger partial charge < -0.3 is 0 Å². The minimum atomic E-state index is 0.554. The second-order valence-electron chi connectivity index (χ2n) is 4.61. The third-order valence-corrected chi connectivity index (χ3v) is 3.47. The van der Waals surface area contributed by atoms with Gasteiger partial charge in [-0.15, -0.1) is 0 Å². The maximum absolute atomic E-state index is 4.53. The van der Waals surface area contributed by atoms with Crippen molar-refractivity contribution in [2.75, 3.05) is 0 Å². The van der Waals surface area contributed by atoms with Gasteiger partial charge in [0, 0.05) is 6.04 Å². The fraction of sp³-hybridized carbons (Fsp3) is 0.923. The summed E-state index contributed by atoms with van der Waals surface area (Å²) in [6.07, 6.45) is 13.4. The Labute approximate surface area is 89.0 Å². The van der Waals surface area contributed by atoms with E-state index in [1.165, 1.54) is 51.4 Å². The van der Waals surface area contributed by atoms with Crippen molar-refractivity contribution in [1.29, 1.82) is 0 Å². The molecule has 1 fully saturated rings. The molecule has 14 heavy (non-hydrogen) atoms. The summed E-state index contributed by atoms with van der Waals surface area (Å²) in [5.74, 6) is 0.851. The molecule has 0 aromatic heterocycles. The molecular formula is C13H25N. The lowest BCUT2D eigenvalue weighted by Crippen LogP contribution is -2.15. The SMILES string of the molecule is C/C=N/C(C)C1CCCCCCCC1. The summed E-state index contributed by atoms with van der Waals surface area (Å²) in [6, 6.07) is 0.554. The van der Waals surface area contributed by atoms with Crippen molar-refractivity contribution in [2.24, 2.45) is 10.9 Å². The Hall–Kier alpha value is -0.330. The first-order valence-corrected chi connectivity index (χ1v) is 6.32. The Bertz CT molecular complexity index is 153. The second kappa shape index (κ2) is 7.03. The molecule has 0 spiro atoms. The minimum absolute atomic E-state index is 0.554. The van der Waals surface area contributed by atoms with E-state index in [2.05, 4.69) is 11.9 Å². The second-order valence-corrected chi connectivity index (χ2v) is 4.61. The normalized spacial score (nSPS) is 24.1. The van der Waals surface area contributed by atoms with Gasteiger partial charge in [-0.05, 0) is 38.8 Å². The number of rotatable bonds is 2. The van der Waals surface area contributed by atoms with Crippen LogP contribution in [0.4, 0.5) is 0 Å². The zero-order chi connectivity index (χ0) is 10.2. The Morgan fingerprint density at radius 3 is 2.00 bits per heavy atom. The summed E-state index contributed by atoms with van der Waals surface area (Å²) in [5, 5.41) is 0. The highest BCUT2D eigenvalue weighted by atomic mass is 14.8. The number of hydrogen-bond acceptors (Lipinski definition) is 1. The van der Waals surface area contributed by atoms with E-state index in [9.17, 15) is 0 Å². The van der Waals surface area contributed by atoms with Crippen LogP contribution in [0.2, 0.25) is 0 Å². The predicted octanol–water partition coefficient (Wildman–Crippen LogP) is 4.22. The molecule has 1 unspecified atom stereocenters. The molecule has 1 nitrogen and oxygen atoms in total. The van der Waals surface area contributed by atoms with E-state index in [1.807, 2.05) is 13.1 Å². The Kier molecular flexibility index (Phi) is 5.89. The van der Waals surface area contributed by atoms with Crippen LogP contribution in [0, 0.1) is 5.92 Å². The van der Waals surface area contributed by atoms with E-state index >= 15 is 0 Å². The molecule has 1 heteroatoms. The van der Waals surface area contributed by atoms with Gasteiger partial charge in [-0.2, -0.15) is 0 Å². The molecule has 1 aliphatic rings. The molecule has 0 aromatic carbocycles. The van der Waals surface area contributed by atoms with Crippen molar-refractivity contribution in [1.82, 2.24) is 0 Å². The van der Waals surface area contributed by atoms with Gasteiger partial charge in [0.05, 0.1) is 0 Å². The first-order chi connectivity index (χ1) is 6.84. The number of aliphatic imine (C=N–C) groups is 1. The van der Waals surface area contributed by atoms with Crippen molar-refractivity contribution in [2.45, 2.75) is 71.3 Å². The van der Waals surface area contributed by atoms with Crippen LogP contribution in [0.25, 0.3) is 0 Å². The molecule has 0 saturated heterocycles. The summed E-state index contributed by atoms with van der Waals surface area (Å²) >= 11 is 0. The van der Waals surface area contributed by atoms with Gasteiger partial charge in [0.15, 0.2) is 0 Å². The topological polar surface area (TPSA) is 12.4 Å². The summed E-state index contributed by atoms with van der Waals surface area (Å²) in [4.78, 5) is 4.53. The lowest BCUT2D eigenvalue weighted by Gasteiger charge is -2.19. The van der Waals surface area contributed by atoms with Crippen LogP contribution in [0.3, 0.4) is 0 Å². The monoisotopic (exact) mass is 195 g/mol. The lowest BCUT2D eigenvalue weighted by molar-refractivity contribution is 0.372. The van der Waals surface area contributed by atoms with Crippen LogP contribution < -0.4 is 0 Å². The minimum Gasteiger partial charge on any atom is -0.295 e. The van der Waals surface area contributed by atoms with E-state index < -0.39 is 0 Å². The first-order valence-electron chi connectivity index (χ1n) is 6.32. The molecular weight excluding hydrogens is 170 g/mol. The molecule has 0 heterocycles. The fourth-order valence-electron chi connectivity index (χ4n) is 2.50. The third-order valence-electron chi connectivity index (χ3n) is 3.47. The summed E-state index contributed by atoms with van der Waals surface area (Å²) in [6.45, 7) is 4.31. The van der Waals surface area contributed by atoms with E-state index in [1.54, 1.807) is 0 Å². The van der Waals surface area contributed by atoms with Crippen LogP contribution in [-0.4, -0.2) is 12.3 Å². The molecule has 1 saturated carbocycles. The zero-order valence-corrected chi connectivity index (χ0v) is 9.84. The molecule has 82 valence electrons. The van der Waals surface area contributed by atoms with Gasteiger partial charge in [-0.25, -0.2) is 0 Å². The van der Waals surface area contributed by atoms with Gasteiger partial charge in [0.2, 0.25) is 0 Å². The Morgan fingerprint density at radius 2 is 1.50 bits per heavy atom. The van der Waals surface area contributed by atoms with Gasteiger partial charge in [0.1, 0.15) is 0 Å². The molecule has 0 aliphatic heterocycles. The maximum Gasteiger partial charge on any atom is 0.0495 e. The largest absolute Gasteiger partial charge is 0.295 e. The zero-order valence-electron chi connectivity index (χ0n) is 9.84. The molecule has 1 atom stereocenters. The van der Waals surface area contributed by atoms with Crippen molar-refractivity contribution >= 4 is 6.21 Å². The van der Waals surface area contributed by atoms with Crippen molar-refractivity contribution in [3.8, 4) is 0 Å². The fourth-order valence-corrected chi connectivity index (χ4v) is 2.50. The van der Waals surface area contributed by atoms with E-state index in [0.717, 1.165) is 5.92 Å². The van der Waals surface area contributed by atoms with E-state index in [-0.39, 0.29) is 0 Å². The van der Waals surface area contributed by atoms with Crippen LogP contribution in [0.15, 0.2) is 4.99 Å². The van der Waals surface area contributed by atoms with Crippen molar-refractivity contribution in [3.05, 3.63) is 0 Å². The van der Waals surface area contributed by atoms with Crippen molar-refractivity contribution < 1.29 is 0 Å². The van der Waals surface area contributed by atoms with E-state index in [4.69, 9.17) is 0 Å². The molecule has 0 aromatic rings. The highest BCUT2D eigenvalue weighted by Gasteiger charge is 2.16. The van der Waals surface area contributed by atoms with Crippen LogP contribution in [0.1, 0.15) is 65.2 Å². The van der Waals surface area contributed by atoms with E-state index in [0.29, 0.717) is 6.04 Å². The van der Waals surface area contributed by atoms with Crippen LogP contribution in [0.5, 0.6) is 0 Å². The molecule has 0 amide bonds. The van der Waals surface area contributed by atoms with Crippen LogP contribution in [-0.2, 0) is 0 Å². The van der Waals surface area contributed by atoms with Crippen molar-refractivity contribution in [3.63, 3.8) is 0 Å². The highest BCUT2D eigenvalue weighted by Crippen LogP contribution is 2.25. The molecule has 0 radical (unpaired) electrons. The average Bonchev–Trinajstić information content (AvgIpc) is 2.30. The molecule has 0 bridgehead atoms.